The first-order chi connectivity index (χ1) is 12.5. The molecular weight excluding hydrogens is 338 g/mol. The molecule has 2 N–H and O–H groups in total. The second-order valence-electron chi connectivity index (χ2n) is 6.53. The van der Waals surface area contributed by atoms with Crippen molar-refractivity contribution in [1.29, 1.82) is 0 Å². The third kappa shape index (κ3) is 5.22. The molecule has 0 aliphatic rings. The summed E-state index contributed by atoms with van der Waals surface area (Å²) in [5, 5.41) is 12.5. The van der Waals surface area contributed by atoms with Crippen LogP contribution in [-0.2, 0) is 6.54 Å². The third-order valence-corrected chi connectivity index (χ3v) is 4.13. The van der Waals surface area contributed by atoms with Gasteiger partial charge in [-0.1, -0.05) is 20.8 Å². The van der Waals surface area contributed by atoms with Gasteiger partial charge in [-0.25, -0.2) is 13.8 Å². The van der Waals surface area contributed by atoms with E-state index in [1.54, 1.807) is 6.07 Å². The summed E-state index contributed by atoms with van der Waals surface area (Å²) in [6.45, 7) is 6.55. The highest BCUT2D eigenvalue weighted by Gasteiger charge is 2.15. The Morgan fingerprint density at radius 1 is 1.19 bits per heavy atom. The third-order valence-electron chi connectivity index (χ3n) is 4.13. The summed E-state index contributed by atoms with van der Waals surface area (Å²) in [6, 6.07) is 6.90. The van der Waals surface area contributed by atoms with Crippen LogP contribution in [0.4, 0.5) is 8.78 Å². The van der Waals surface area contributed by atoms with Crippen LogP contribution in [0.2, 0.25) is 0 Å². The minimum atomic E-state index is -0.450. The van der Waals surface area contributed by atoms with Crippen LogP contribution in [0.15, 0.2) is 30.3 Å². The van der Waals surface area contributed by atoms with E-state index in [-0.39, 0.29) is 30.8 Å². The molecule has 2 rings (SSSR count). The first kappa shape index (κ1) is 20.3. The number of benzene rings is 1. The number of hydrogen-bond acceptors (Lipinski definition) is 4. The Balaban J connectivity index is 2.30. The largest absolute Gasteiger partial charge is 0.493 e. The molecular formula is C20H26F2N2O2. The van der Waals surface area contributed by atoms with Gasteiger partial charge in [0.25, 0.3) is 0 Å². The Labute approximate surface area is 153 Å². The second kappa shape index (κ2) is 9.59. The van der Waals surface area contributed by atoms with Gasteiger partial charge in [0.15, 0.2) is 0 Å². The van der Waals surface area contributed by atoms with E-state index in [1.165, 1.54) is 24.3 Å². The number of rotatable bonds is 9. The van der Waals surface area contributed by atoms with E-state index in [0.717, 1.165) is 6.42 Å². The average molecular weight is 364 g/mol. The smallest absolute Gasteiger partial charge is 0.146 e. The Kier molecular flexibility index (Phi) is 7.48. The van der Waals surface area contributed by atoms with Crippen molar-refractivity contribution in [3.63, 3.8) is 0 Å². The van der Waals surface area contributed by atoms with E-state index in [9.17, 15) is 13.9 Å². The maximum absolute atomic E-state index is 14.2. The van der Waals surface area contributed by atoms with Gasteiger partial charge < -0.3 is 15.2 Å². The van der Waals surface area contributed by atoms with E-state index >= 15 is 0 Å². The zero-order valence-electron chi connectivity index (χ0n) is 15.4. The molecule has 1 heterocycles. The van der Waals surface area contributed by atoms with Gasteiger partial charge in [0.05, 0.1) is 24.6 Å². The molecule has 0 saturated carbocycles. The van der Waals surface area contributed by atoms with Gasteiger partial charge in [-0.2, -0.15) is 0 Å². The van der Waals surface area contributed by atoms with Gasteiger partial charge >= 0.3 is 0 Å². The minimum absolute atomic E-state index is 0.0438. The summed E-state index contributed by atoms with van der Waals surface area (Å²) >= 11 is 0. The Bertz CT molecular complexity index is 723. The number of aromatic nitrogens is 1. The molecule has 0 aliphatic carbocycles. The minimum Gasteiger partial charge on any atom is -0.493 e. The van der Waals surface area contributed by atoms with Crippen LogP contribution in [0.5, 0.6) is 5.75 Å². The van der Waals surface area contributed by atoms with Crippen LogP contribution in [-0.4, -0.2) is 29.3 Å². The summed E-state index contributed by atoms with van der Waals surface area (Å²) in [5.74, 6) is -0.144. The number of aliphatic hydroxyl groups is 1. The van der Waals surface area contributed by atoms with Gasteiger partial charge in [0, 0.05) is 18.2 Å². The number of ether oxygens (including phenoxy) is 1. The molecule has 142 valence electrons. The SMILES string of the molecule is CCCOc1ccc(F)cc1-c1ccc(F)c(CN[C@@H](CO)C(C)C)n1. The molecule has 1 atom stereocenters. The van der Waals surface area contributed by atoms with Gasteiger partial charge in [-0.05, 0) is 42.7 Å². The van der Waals surface area contributed by atoms with Crippen molar-refractivity contribution < 1.29 is 18.6 Å². The number of pyridine rings is 1. The normalized spacial score (nSPS) is 12.4. The summed E-state index contributed by atoms with van der Waals surface area (Å²) < 4.78 is 33.5. The zero-order valence-corrected chi connectivity index (χ0v) is 15.4. The topological polar surface area (TPSA) is 54.4 Å². The first-order valence-electron chi connectivity index (χ1n) is 8.88. The predicted octanol–water partition coefficient (Wildman–Crippen LogP) is 3.92. The van der Waals surface area contributed by atoms with Crippen molar-refractivity contribution in [3.8, 4) is 17.0 Å². The maximum Gasteiger partial charge on any atom is 0.146 e. The van der Waals surface area contributed by atoms with Crippen LogP contribution in [0.1, 0.15) is 32.9 Å². The lowest BCUT2D eigenvalue weighted by Crippen LogP contribution is -2.36. The van der Waals surface area contributed by atoms with Gasteiger partial charge in [-0.15, -0.1) is 0 Å². The Morgan fingerprint density at radius 3 is 2.62 bits per heavy atom. The quantitative estimate of drug-likeness (QED) is 0.708. The van der Waals surface area contributed by atoms with E-state index in [1.807, 2.05) is 20.8 Å². The molecule has 26 heavy (non-hydrogen) atoms. The number of halogens is 2. The van der Waals surface area contributed by atoms with Crippen LogP contribution in [0.3, 0.4) is 0 Å². The Morgan fingerprint density at radius 2 is 1.96 bits per heavy atom. The molecule has 2 aromatic rings. The number of aliphatic hydroxyl groups excluding tert-OH is 1. The lowest BCUT2D eigenvalue weighted by molar-refractivity contribution is 0.209. The van der Waals surface area contributed by atoms with E-state index in [0.29, 0.717) is 23.6 Å². The van der Waals surface area contributed by atoms with Crippen LogP contribution >= 0.6 is 0 Å². The highest BCUT2D eigenvalue weighted by molar-refractivity contribution is 5.67. The fraction of sp³-hybridized carbons (Fsp3) is 0.450. The standard InChI is InChI=1S/C20H26F2N2O2/c1-4-9-26-20-8-5-14(21)10-15(20)17-7-6-16(22)18(24-17)11-23-19(12-25)13(2)3/h5-8,10,13,19,23,25H,4,9,11-12H2,1-3H3/t19-/m0/s1. The molecule has 0 unspecified atom stereocenters. The molecule has 6 heteroatoms. The van der Waals surface area contributed by atoms with Crippen molar-refractivity contribution in [2.75, 3.05) is 13.2 Å². The summed E-state index contributed by atoms with van der Waals surface area (Å²) in [4.78, 5) is 4.35. The lowest BCUT2D eigenvalue weighted by Gasteiger charge is -2.20. The highest BCUT2D eigenvalue weighted by Crippen LogP contribution is 2.30. The monoisotopic (exact) mass is 364 g/mol. The molecule has 0 radical (unpaired) electrons. The van der Waals surface area contributed by atoms with E-state index < -0.39 is 11.6 Å². The molecule has 0 amide bonds. The van der Waals surface area contributed by atoms with Crippen molar-refractivity contribution >= 4 is 0 Å². The summed E-state index contributed by atoms with van der Waals surface area (Å²) in [7, 11) is 0. The Hall–Kier alpha value is -2.05. The van der Waals surface area contributed by atoms with Crippen molar-refractivity contribution in [3.05, 3.63) is 47.7 Å². The fourth-order valence-electron chi connectivity index (χ4n) is 2.54. The highest BCUT2D eigenvalue weighted by atomic mass is 19.1. The van der Waals surface area contributed by atoms with Crippen molar-refractivity contribution in [2.45, 2.75) is 39.8 Å². The van der Waals surface area contributed by atoms with Crippen LogP contribution in [0.25, 0.3) is 11.3 Å². The molecule has 0 fully saturated rings. The predicted molar refractivity (Wildman–Crippen MR) is 97.9 cm³/mol. The summed E-state index contributed by atoms with van der Waals surface area (Å²) in [6.07, 6.45) is 0.820. The van der Waals surface area contributed by atoms with E-state index in [4.69, 9.17) is 4.74 Å². The molecule has 1 aromatic carbocycles. The van der Waals surface area contributed by atoms with Gasteiger partial charge in [-0.3, -0.25) is 0 Å². The second-order valence-corrected chi connectivity index (χ2v) is 6.53. The molecule has 0 spiro atoms. The maximum atomic E-state index is 14.2. The van der Waals surface area contributed by atoms with Crippen LogP contribution < -0.4 is 10.1 Å². The molecule has 0 saturated heterocycles. The number of nitrogens with zero attached hydrogens (tertiary/aromatic N) is 1. The van der Waals surface area contributed by atoms with Crippen molar-refractivity contribution in [1.82, 2.24) is 10.3 Å². The zero-order chi connectivity index (χ0) is 19.1. The molecule has 0 bridgehead atoms. The van der Waals surface area contributed by atoms with E-state index in [2.05, 4.69) is 10.3 Å². The van der Waals surface area contributed by atoms with Gasteiger partial charge in [0.1, 0.15) is 17.4 Å². The summed E-state index contributed by atoms with van der Waals surface area (Å²) in [5.41, 5.74) is 1.15. The molecule has 0 aliphatic heterocycles. The van der Waals surface area contributed by atoms with Gasteiger partial charge in [0.2, 0.25) is 0 Å². The first-order valence-corrected chi connectivity index (χ1v) is 8.88. The molecule has 4 nitrogen and oxygen atoms in total. The number of nitrogens with one attached hydrogen (secondary N) is 1. The number of hydrogen-bond donors (Lipinski definition) is 2. The fourth-order valence-corrected chi connectivity index (χ4v) is 2.54. The molecule has 1 aromatic heterocycles. The average Bonchev–Trinajstić information content (AvgIpc) is 2.62. The lowest BCUT2D eigenvalue weighted by atomic mass is 10.1. The van der Waals surface area contributed by atoms with Crippen molar-refractivity contribution in [2.24, 2.45) is 5.92 Å². The van der Waals surface area contributed by atoms with Crippen LogP contribution in [0, 0.1) is 17.6 Å².